The van der Waals surface area contributed by atoms with Crippen molar-refractivity contribution < 1.29 is 14.3 Å². The van der Waals surface area contributed by atoms with Crippen LogP contribution in [-0.4, -0.2) is 49.2 Å². The number of nitrogens with zero attached hydrogens (tertiary/aromatic N) is 1. The predicted octanol–water partition coefficient (Wildman–Crippen LogP) is 5.30. The molecule has 6 nitrogen and oxygen atoms in total. The molecule has 2 aromatic carbocycles. The Bertz CT molecular complexity index is 902. The zero-order chi connectivity index (χ0) is 22.9. The molecule has 1 fully saturated rings. The molecule has 1 atom stereocenters. The number of piperidine rings is 1. The molecule has 1 aliphatic heterocycles. The number of urea groups is 1. The summed E-state index contributed by atoms with van der Waals surface area (Å²) >= 11 is 5.91. The number of carbonyl (C=O) groups is 2. The number of anilines is 1. The van der Waals surface area contributed by atoms with Crippen LogP contribution in [0.2, 0.25) is 5.02 Å². The van der Waals surface area contributed by atoms with Crippen molar-refractivity contribution in [3.05, 3.63) is 64.7 Å². The summed E-state index contributed by atoms with van der Waals surface area (Å²) in [6.07, 6.45) is 2.89. The molecule has 0 aliphatic carbocycles. The zero-order valence-electron chi connectivity index (χ0n) is 18.8. The van der Waals surface area contributed by atoms with Crippen molar-refractivity contribution in [3.63, 3.8) is 0 Å². The number of amides is 3. The third kappa shape index (κ3) is 7.24. The second-order valence-corrected chi connectivity index (χ2v) is 8.81. The molecular formula is C25H32ClN3O3. The number of hydrogen-bond donors (Lipinski definition) is 2. The molecule has 0 spiro atoms. The summed E-state index contributed by atoms with van der Waals surface area (Å²) in [6, 6.07) is 14.7. The van der Waals surface area contributed by atoms with E-state index in [0.717, 1.165) is 30.5 Å². The summed E-state index contributed by atoms with van der Waals surface area (Å²) in [5, 5.41) is 6.53. The van der Waals surface area contributed by atoms with Crippen molar-refractivity contribution in [2.75, 3.05) is 31.6 Å². The summed E-state index contributed by atoms with van der Waals surface area (Å²) in [5.74, 6) is 0.122. The molecule has 0 radical (unpaired) electrons. The largest absolute Gasteiger partial charge is 0.379 e. The summed E-state index contributed by atoms with van der Waals surface area (Å²) in [5.41, 5.74) is 2.46. The third-order valence-corrected chi connectivity index (χ3v) is 5.73. The lowest BCUT2D eigenvalue weighted by molar-refractivity contribution is 0.0757. The summed E-state index contributed by atoms with van der Waals surface area (Å²) in [6.45, 7) is 6.55. The van der Waals surface area contributed by atoms with Crippen molar-refractivity contribution in [1.29, 1.82) is 0 Å². The van der Waals surface area contributed by atoms with Gasteiger partial charge in [0.05, 0.1) is 6.10 Å². The highest BCUT2D eigenvalue weighted by Gasteiger charge is 2.25. The summed E-state index contributed by atoms with van der Waals surface area (Å²) in [7, 11) is 0. The topological polar surface area (TPSA) is 70.7 Å². The van der Waals surface area contributed by atoms with Crippen molar-refractivity contribution in [3.8, 4) is 0 Å². The number of carbonyl (C=O) groups excluding carboxylic acids is 2. The Balaban J connectivity index is 1.55. The molecule has 32 heavy (non-hydrogen) atoms. The van der Waals surface area contributed by atoms with Crippen molar-refractivity contribution >= 4 is 29.2 Å². The first-order valence-corrected chi connectivity index (χ1v) is 11.6. The molecule has 2 N–H and O–H groups in total. The van der Waals surface area contributed by atoms with Gasteiger partial charge < -0.3 is 20.3 Å². The number of rotatable bonds is 8. The molecule has 0 saturated carbocycles. The normalized spacial score (nSPS) is 16.1. The van der Waals surface area contributed by atoms with Crippen LogP contribution in [-0.2, 0) is 4.74 Å². The van der Waals surface area contributed by atoms with Gasteiger partial charge in [0.15, 0.2) is 0 Å². The van der Waals surface area contributed by atoms with E-state index >= 15 is 0 Å². The van der Waals surface area contributed by atoms with E-state index in [1.54, 1.807) is 24.3 Å². The van der Waals surface area contributed by atoms with Crippen LogP contribution in [0.25, 0.3) is 0 Å². The SMILES string of the molecule is CC(C)OCCCNC(=O)c1cccc([C@@H]2CCCN(C(=O)Nc3ccc(Cl)cc3)C2)c1. The Labute approximate surface area is 195 Å². The average molecular weight is 458 g/mol. The van der Waals surface area contributed by atoms with Gasteiger partial charge in [-0.05, 0) is 75.1 Å². The Morgan fingerprint density at radius 1 is 1.19 bits per heavy atom. The number of ether oxygens (including phenoxy) is 1. The maximum atomic E-state index is 12.7. The highest BCUT2D eigenvalue weighted by atomic mass is 35.5. The van der Waals surface area contributed by atoms with E-state index in [4.69, 9.17) is 16.3 Å². The molecule has 0 unspecified atom stereocenters. The number of nitrogens with one attached hydrogen (secondary N) is 2. The van der Waals surface area contributed by atoms with Gasteiger partial charge >= 0.3 is 6.03 Å². The van der Waals surface area contributed by atoms with E-state index in [1.165, 1.54) is 0 Å². The van der Waals surface area contributed by atoms with E-state index < -0.39 is 0 Å². The van der Waals surface area contributed by atoms with Gasteiger partial charge in [0, 0.05) is 48.4 Å². The maximum Gasteiger partial charge on any atom is 0.321 e. The maximum absolute atomic E-state index is 12.7. The minimum Gasteiger partial charge on any atom is -0.379 e. The minimum absolute atomic E-state index is 0.0791. The minimum atomic E-state index is -0.116. The van der Waals surface area contributed by atoms with Crippen molar-refractivity contribution in [1.82, 2.24) is 10.2 Å². The average Bonchev–Trinajstić information content (AvgIpc) is 2.80. The predicted molar refractivity (Wildman–Crippen MR) is 128 cm³/mol. The quantitative estimate of drug-likeness (QED) is 0.528. The fraction of sp³-hybridized carbons (Fsp3) is 0.440. The molecule has 1 heterocycles. The Kier molecular flexibility index (Phi) is 8.94. The molecule has 1 aliphatic rings. The molecule has 7 heteroatoms. The second-order valence-electron chi connectivity index (χ2n) is 8.38. The van der Waals surface area contributed by atoms with E-state index in [1.807, 2.05) is 43.0 Å². The smallest absolute Gasteiger partial charge is 0.321 e. The Morgan fingerprint density at radius 3 is 2.72 bits per heavy atom. The van der Waals surface area contributed by atoms with Crippen LogP contribution in [0.4, 0.5) is 10.5 Å². The van der Waals surface area contributed by atoms with Gasteiger partial charge in [0.2, 0.25) is 0 Å². The van der Waals surface area contributed by atoms with Crippen LogP contribution in [0, 0.1) is 0 Å². The van der Waals surface area contributed by atoms with Crippen molar-refractivity contribution in [2.24, 2.45) is 0 Å². The zero-order valence-corrected chi connectivity index (χ0v) is 19.5. The molecule has 1 saturated heterocycles. The monoisotopic (exact) mass is 457 g/mol. The van der Waals surface area contributed by atoms with E-state index in [0.29, 0.717) is 36.8 Å². The van der Waals surface area contributed by atoms with E-state index in [9.17, 15) is 9.59 Å². The highest BCUT2D eigenvalue weighted by Crippen LogP contribution is 2.28. The molecule has 3 rings (SSSR count). The standard InChI is InChI=1S/C25H32ClN3O3/c1-18(2)32-15-5-13-27-24(30)20-7-3-6-19(16-20)21-8-4-14-29(17-21)25(31)28-23-11-9-22(26)10-12-23/h3,6-7,9-12,16,18,21H,4-5,8,13-15,17H2,1-2H3,(H,27,30)(H,28,31)/t21-/m1/s1. The van der Waals surface area contributed by atoms with Gasteiger partial charge in [-0.25, -0.2) is 4.79 Å². The summed E-state index contributed by atoms with van der Waals surface area (Å²) in [4.78, 5) is 27.1. The molecule has 0 aromatic heterocycles. The van der Waals surface area contributed by atoms with Gasteiger partial charge in [-0.3, -0.25) is 4.79 Å². The Morgan fingerprint density at radius 2 is 1.97 bits per heavy atom. The van der Waals surface area contributed by atoms with Gasteiger partial charge in [-0.1, -0.05) is 23.7 Å². The highest BCUT2D eigenvalue weighted by molar-refractivity contribution is 6.30. The fourth-order valence-electron chi connectivity index (χ4n) is 3.80. The molecular weight excluding hydrogens is 426 g/mol. The number of benzene rings is 2. The van der Waals surface area contributed by atoms with Gasteiger partial charge in [-0.15, -0.1) is 0 Å². The number of likely N-dealkylation sites (tertiary alicyclic amines) is 1. The van der Waals surface area contributed by atoms with E-state index in [2.05, 4.69) is 10.6 Å². The summed E-state index contributed by atoms with van der Waals surface area (Å²) < 4.78 is 5.51. The molecule has 2 aromatic rings. The van der Waals surface area contributed by atoms with Crippen LogP contribution in [0.1, 0.15) is 54.9 Å². The van der Waals surface area contributed by atoms with Crippen LogP contribution in [0.5, 0.6) is 0 Å². The van der Waals surface area contributed by atoms with E-state index in [-0.39, 0.29) is 24.0 Å². The third-order valence-electron chi connectivity index (χ3n) is 5.48. The van der Waals surface area contributed by atoms with Gasteiger partial charge in [0.1, 0.15) is 0 Å². The number of hydrogen-bond acceptors (Lipinski definition) is 3. The lowest BCUT2D eigenvalue weighted by Gasteiger charge is -2.33. The molecule has 0 bridgehead atoms. The van der Waals surface area contributed by atoms with Crippen molar-refractivity contribution in [2.45, 2.75) is 45.1 Å². The fourth-order valence-corrected chi connectivity index (χ4v) is 3.92. The van der Waals surface area contributed by atoms with Crippen LogP contribution in [0.3, 0.4) is 0 Å². The first-order valence-electron chi connectivity index (χ1n) is 11.2. The first-order chi connectivity index (χ1) is 15.4. The van der Waals surface area contributed by atoms with Crippen LogP contribution < -0.4 is 10.6 Å². The number of halogens is 1. The lowest BCUT2D eigenvalue weighted by Crippen LogP contribution is -2.41. The molecule has 3 amide bonds. The van der Waals surface area contributed by atoms with Gasteiger partial charge in [0.25, 0.3) is 5.91 Å². The lowest BCUT2D eigenvalue weighted by atomic mass is 9.89. The second kappa shape index (κ2) is 11.9. The first kappa shape index (κ1) is 24.1. The van der Waals surface area contributed by atoms with Gasteiger partial charge in [-0.2, -0.15) is 0 Å². The molecule has 172 valence electrons. The van der Waals surface area contributed by atoms with Crippen LogP contribution >= 0.6 is 11.6 Å². The van der Waals surface area contributed by atoms with Crippen LogP contribution in [0.15, 0.2) is 48.5 Å². The Hall–Kier alpha value is -2.57.